The highest BCUT2D eigenvalue weighted by Gasteiger charge is 2.18. The van der Waals surface area contributed by atoms with Gasteiger partial charge in [0.15, 0.2) is 22.1 Å². The predicted molar refractivity (Wildman–Crippen MR) is 217 cm³/mol. The molecule has 1 unspecified atom stereocenters. The van der Waals surface area contributed by atoms with E-state index in [1.54, 1.807) is 11.7 Å². The topological polar surface area (TPSA) is 173 Å². The van der Waals surface area contributed by atoms with Gasteiger partial charge in [-0.1, -0.05) is 102 Å². The minimum absolute atomic E-state index is 0.0979. The van der Waals surface area contributed by atoms with E-state index in [0.29, 0.717) is 36.0 Å². The van der Waals surface area contributed by atoms with Crippen LogP contribution in [-0.2, 0) is 22.6 Å². The fourth-order valence-corrected chi connectivity index (χ4v) is 6.20. The lowest BCUT2D eigenvalue weighted by atomic mass is 10.1. The van der Waals surface area contributed by atoms with Crippen molar-refractivity contribution in [1.82, 2.24) is 40.8 Å². The first kappa shape index (κ1) is 43.7. The number of nitrogens with one attached hydrogen (secondary N) is 4. The molecule has 0 aliphatic carbocycles. The van der Waals surface area contributed by atoms with Crippen LogP contribution in [0.3, 0.4) is 0 Å². The van der Waals surface area contributed by atoms with Crippen LogP contribution in [0.25, 0.3) is 11.2 Å². The highest BCUT2D eigenvalue weighted by Crippen LogP contribution is 2.26. The number of unbranched alkanes of at least 4 members (excludes halogenated alkanes) is 11. The van der Waals surface area contributed by atoms with Crippen molar-refractivity contribution in [3.05, 3.63) is 35.4 Å². The largest absolute Gasteiger partial charge is 0.480 e. The molecule has 1 atom stereocenters. The van der Waals surface area contributed by atoms with Crippen molar-refractivity contribution in [2.24, 2.45) is 0 Å². The average molecular weight is 756 g/mol. The highest BCUT2D eigenvalue weighted by atomic mass is 32.1. The third-order valence-electron chi connectivity index (χ3n) is 9.19. The highest BCUT2D eigenvalue weighted by molar-refractivity contribution is 7.80. The first-order chi connectivity index (χ1) is 25.9. The molecule has 7 N–H and O–H groups in total. The van der Waals surface area contributed by atoms with Crippen LogP contribution in [-0.4, -0.2) is 81.6 Å². The molecule has 0 aliphatic heterocycles. The number of carbonyl (C=O) groups is 1. The summed E-state index contributed by atoms with van der Waals surface area (Å²) in [5, 5.41) is 24.5. The van der Waals surface area contributed by atoms with E-state index in [9.17, 15) is 9.90 Å². The third kappa shape index (κ3) is 16.9. The number of hydrogen-bond acceptors (Lipinski definition) is 10. The number of rotatable bonds is 29. The monoisotopic (exact) mass is 755 g/mol. The molecular weight excluding hydrogens is 691 g/mol. The van der Waals surface area contributed by atoms with Crippen LogP contribution < -0.4 is 31.7 Å². The minimum atomic E-state index is -0.205. The molecule has 53 heavy (non-hydrogen) atoms. The average Bonchev–Trinajstić information content (AvgIpc) is 3.47. The summed E-state index contributed by atoms with van der Waals surface area (Å²) in [6, 6.07) is 7.74. The standard InChI is InChI=1S/C39H65N9O4S/c1-4-6-8-10-11-13-15-23-41-32(36(49)42-24-16-12-9-7-5-2)18-14-17-25-43-38(53)44-28-30-19-21-31(22-20-30)29-48-35-33(45-39(48)50)34(40)46-37(47-35)52-27-26-51-3/h19-22,32,41H,4-18,23-29H2,1-3H3,(H,42,49)(H,45,50)(H2,40,46,47)(H2,43,44,53). The first-order valence-corrected chi connectivity index (χ1v) is 20.2. The van der Waals surface area contributed by atoms with Gasteiger partial charge < -0.3 is 41.6 Å². The quantitative estimate of drug-likeness (QED) is 0.0355. The summed E-state index contributed by atoms with van der Waals surface area (Å²) in [6.45, 7) is 8.40. The molecule has 1 amide bonds. The Hall–Kier alpha value is -3.75. The number of nitrogens with zero attached hydrogens (tertiary/aromatic N) is 4. The molecule has 0 bridgehead atoms. The molecule has 0 saturated heterocycles. The number of methoxy groups -OCH3 is 1. The van der Waals surface area contributed by atoms with Gasteiger partial charge in [-0.05, 0) is 62.0 Å². The normalized spacial score (nSPS) is 11.8. The number of nitrogen functional groups attached to an aromatic ring is 1. The molecule has 3 rings (SSSR count). The second-order valence-electron chi connectivity index (χ2n) is 13.7. The fraction of sp³-hybridized carbons (Fsp3) is 0.667. The molecule has 0 radical (unpaired) electrons. The van der Waals surface area contributed by atoms with Gasteiger partial charge in [-0.25, -0.2) is 0 Å². The van der Waals surface area contributed by atoms with Crippen molar-refractivity contribution >= 4 is 40.2 Å². The number of aromatic nitrogens is 4. The van der Waals surface area contributed by atoms with Gasteiger partial charge in [-0.2, -0.15) is 15.0 Å². The molecule has 0 saturated carbocycles. The summed E-state index contributed by atoms with van der Waals surface area (Å²) < 4.78 is 12.1. The van der Waals surface area contributed by atoms with Gasteiger partial charge in [-0.15, -0.1) is 0 Å². The molecule has 2 heterocycles. The molecule has 2 aromatic heterocycles. The Morgan fingerprint density at radius 2 is 1.43 bits per heavy atom. The van der Waals surface area contributed by atoms with E-state index < -0.39 is 0 Å². The van der Waals surface area contributed by atoms with Crippen LogP contribution in [0.1, 0.15) is 121 Å². The van der Waals surface area contributed by atoms with Crippen molar-refractivity contribution in [3.63, 3.8) is 0 Å². The van der Waals surface area contributed by atoms with Gasteiger partial charge in [0, 0.05) is 26.7 Å². The number of benzene rings is 1. The number of amides is 1. The Kier molecular flexibility index (Phi) is 21.5. The van der Waals surface area contributed by atoms with Crippen molar-refractivity contribution < 1.29 is 19.4 Å². The van der Waals surface area contributed by atoms with Gasteiger partial charge in [0.25, 0.3) is 6.01 Å². The van der Waals surface area contributed by atoms with Gasteiger partial charge >= 0.3 is 6.01 Å². The Labute approximate surface area is 322 Å². The van der Waals surface area contributed by atoms with Gasteiger partial charge in [0.1, 0.15) is 6.61 Å². The Bertz CT molecular complexity index is 1470. The summed E-state index contributed by atoms with van der Waals surface area (Å²) in [6.07, 6.45) is 17.4. The molecule has 13 nitrogen and oxygen atoms in total. The minimum Gasteiger partial charge on any atom is -0.480 e. The summed E-state index contributed by atoms with van der Waals surface area (Å²) in [5.74, 6) is 0.259. The van der Waals surface area contributed by atoms with Crippen LogP contribution in [0.15, 0.2) is 24.3 Å². The Morgan fingerprint density at radius 3 is 2.13 bits per heavy atom. The Morgan fingerprint density at radius 1 is 0.811 bits per heavy atom. The molecule has 296 valence electrons. The van der Waals surface area contributed by atoms with E-state index in [-0.39, 0.29) is 36.4 Å². The lowest BCUT2D eigenvalue weighted by Crippen LogP contribution is -2.45. The lowest BCUT2D eigenvalue weighted by Gasteiger charge is -2.19. The number of hydrogen-bond donors (Lipinski definition) is 6. The summed E-state index contributed by atoms with van der Waals surface area (Å²) >= 11 is 5.54. The zero-order valence-electron chi connectivity index (χ0n) is 32.4. The van der Waals surface area contributed by atoms with Gasteiger partial charge in [0.2, 0.25) is 5.91 Å². The van der Waals surface area contributed by atoms with Crippen LogP contribution in [0, 0.1) is 0 Å². The van der Waals surface area contributed by atoms with Crippen LogP contribution in [0.2, 0.25) is 0 Å². The number of aromatic hydroxyl groups is 1. The molecule has 1 aromatic carbocycles. The van der Waals surface area contributed by atoms with Crippen molar-refractivity contribution in [1.29, 1.82) is 0 Å². The van der Waals surface area contributed by atoms with Crippen LogP contribution >= 0.6 is 12.2 Å². The van der Waals surface area contributed by atoms with E-state index >= 15 is 0 Å². The zero-order valence-corrected chi connectivity index (χ0v) is 33.2. The van der Waals surface area contributed by atoms with Gasteiger partial charge in [-0.3, -0.25) is 9.36 Å². The summed E-state index contributed by atoms with van der Waals surface area (Å²) in [5.41, 5.74) is 8.76. The molecule has 14 heteroatoms. The second kappa shape index (κ2) is 26.1. The van der Waals surface area contributed by atoms with E-state index in [0.717, 1.165) is 62.9 Å². The van der Waals surface area contributed by atoms with Crippen molar-refractivity contribution in [3.8, 4) is 12.0 Å². The predicted octanol–water partition coefficient (Wildman–Crippen LogP) is 6.12. The molecule has 0 spiro atoms. The van der Waals surface area contributed by atoms with E-state index in [1.807, 2.05) is 24.3 Å². The van der Waals surface area contributed by atoms with E-state index in [1.165, 1.54) is 64.2 Å². The zero-order chi connectivity index (χ0) is 38.1. The Balaban J connectivity index is 1.39. The summed E-state index contributed by atoms with van der Waals surface area (Å²) in [4.78, 5) is 25.7. The lowest BCUT2D eigenvalue weighted by molar-refractivity contribution is -0.123. The maximum absolute atomic E-state index is 13.0. The number of fused-ring (bicyclic) bond motifs is 1. The molecule has 3 aromatic rings. The summed E-state index contributed by atoms with van der Waals surface area (Å²) in [7, 11) is 1.58. The van der Waals surface area contributed by atoms with Crippen molar-refractivity contribution in [2.75, 3.05) is 45.7 Å². The third-order valence-corrected chi connectivity index (χ3v) is 9.48. The number of imidazole rings is 1. The first-order valence-electron chi connectivity index (χ1n) is 19.8. The van der Waals surface area contributed by atoms with E-state index in [2.05, 4.69) is 50.1 Å². The van der Waals surface area contributed by atoms with Gasteiger partial charge in [0.05, 0.1) is 19.2 Å². The number of anilines is 1. The van der Waals surface area contributed by atoms with Crippen LogP contribution in [0.4, 0.5) is 5.82 Å². The van der Waals surface area contributed by atoms with Crippen LogP contribution in [0.5, 0.6) is 12.0 Å². The molecular formula is C39H65N9O4S. The molecule has 0 aliphatic rings. The maximum Gasteiger partial charge on any atom is 0.320 e. The number of nitrogens with two attached hydrogens (primary N) is 1. The maximum atomic E-state index is 13.0. The molecule has 0 fully saturated rings. The number of carbonyl (C=O) groups excluding carboxylic acids is 1. The number of thiocarbonyl (C=S) groups is 1. The smallest absolute Gasteiger partial charge is 0.320 e. The number of ether oxygens (including phenoxy) is 2. The second-order valence-corrected chi connectivity index (χ2v) is 14.1. The SMILES string of the molecule is CCCCCCCCCNC(CCCCNC(=S)NCc1ccc(Cn2c(O)nc3c(N)nc(OCCOC)nc32)cc1)C(=O)NCCCCCCC. The van der Waals surface area contributed by atoms with E-state index in [4.69, 9.17) is 27.4 Å². The fourth-order valence-electron chi connectivity index (χ4n) is 6.03. The van der Waals surface area contributed by atoms with Crippen molar-refractivity contribution in [2.45, 2.75) is 129 Å².